The molecule has 0 amide bonds. The molecule has 3 rings (SSSR count). The second-order valence-corrected chi connectivity index (χ2v) is 8.33. The standard InChI is InChI=1S/C19H30N4S/c1-15(2)23-13-18(11-21-23)16(3)20-10-17-6-4-8-22(12-17)14-19-7-5-9-24-19/h5,7,9,11,13,15-17,20H,4,6,8,10,12,14H2,1-3H3/t16-,17-/m1/s1. The predicted molar refractivity (Wildman–Crippen MR) is 101 cm³/mol. The SMILES string of the molecule is CC(C)n1cc([C@@H](C)NC[C@H]2CCCN(Cc3cccs3)C2)cn1. The highest BCUT2D eigenvalue weighted by molar-refractivity contribution is 7.09. The summed E-state index contributed by atoms with van der Waals surface area (Å²) >= 11 is 1.87. The fourth-order valence-corrected chi connectivity index (χ4v) is 4.15. The molecule has 0 spiro atoms. The molecule has 0 unspecified atom stereocenters. The molecule has 5 heteroatoms. The van der Waals surface area contributed by atoms with Crippen molar-refractivity contribution in [2.24, 2.45) is 5.92 Å². The van der Waals surface area contributed by atoms with E-state index in [1.165, 1.54) is 36.4 Å². The summed E-state index contributed by atoms with van der Waals surface area (Å²) in [7, 11) is 0. The van der Waals surface area contributed by atoms with Crippen molar-refractivity contribution in [2.45, 2.75) is 52.2 Å². The number of rotatable bonds is 7. The fourth-order valence-electron chi connectivity index (χ4n) is 3.40. The molecular formula is C19H30N4S. The first kappa shape index (κ1) is 17.6. The summed E-state index contributed by atoms with van der Waals surface area (Å²) in [4.78, 5) is 4.10. The summed E-state index contributed by atoms with van der Waals surface area (Å²) in [5.41, 5.74) is 1.29. The molecule has 1 fully saturated rings. The van der Waals surface area contributed by atoms with E-state index in [9.17, 15) is 0 Å². The zero-order valence-electron chi connectivity index (χ0n) is 15.1. The van der Waals surface area contributed by atoms with Crippen LogP contribution in [0.2, 0.25) is 0 Å². The average molecular weight is 347 g/mol. The van der Waals surface area contributed by atoms with Crippen molar-refractivity contribution in [2.75, 3.05) is 19.6 Å². The van der Waals surface area contributed by atoms with Crippen molar-refractivity contribution in [1.29, 1.82) is 0 Å². The van der Waals surface area contributed by atoms with Crippen LogP contribution in [0.15, 0.2) is 29.9 Å². The number of nitrogens with one attached hydrogen (secondary N) is 1. The zero-order valence-corrected chi connectivity index (χ0v) is 15.9. The summed E-state index contributed by atoms with van der Waals surface area (Å²) < 4.78 is 2.04. The first-order valence-corrected chi connectivity index (χ1v) is 10.0. The molecule has 0 aliphatic carbocycles. The zero-order chi connectivity index (χ0) is 16.9. The van der Waals surface area contributed by atoms with Gasteiger partial charge in [-0.1, -0.05) is 6.07 Å². The van der Waals surface area contributed by atoms with E-state index < -0.39 is 0 Å². The quantitative estimate of drug-likeness (QED) is 0.820. The average Bonchev–Trinajstić information content (AvgIpc) is 3.24. The van der Waals surface area contributed by atoms with Crippen LogP contribution in [0.4, 0.5) is 0 Å². The number of likely N-dealkylation sites (tertiary alicyclic amines) is 1. The van der Waals surface area contributed by atoms with Gasteiger partial charge in [-0.05, 0) is 64.1 Å². The van der Waals surface area contributed by atoms with E-state index in [1.807, 2.05) is 22.2 Å². The Morgan fingerprint density at radius 1 is 1.38 bits per heavy atom. The number of hydrogen-bond acceptors (Lipinski definition) is 4. The molecule has 1 aliphatic heterocycles. The molecule has 1 aliphatic rings. The van der Waals surface area contributed by atoms with Gasteiger partial charge in [0.15, 0.2) is 0 Å². The van der Waals surface area contributed by atoms with Crippen LogP contribution in [0, 0.1) is 5.92 Å². The maximum Gasteiger partial charge on any atom is 0.0537 e. The predicted octanol–water partition coefficient (Wildman–Crippen LogP) is 4.09. The topological polar surface area (TPSA) is 33.1 Å². The van der Waals surface area contributed by atoms with Gasteiger partial charge < -0.3 is 5.32 Å². The van der Waals surface area contributed by atoms with Crippen LogP contribution in [0.3, 0.4) is 0 Å². The van der Waals surface area contributed by atoms with E-state index >= 15 is 0 Å². The van der Waals surface area contributed by atoms with Crippen LogP contribution >= 0.6 is 11.3 Å². The third kappa shape index (κ3) is 4.68. The largest absolute Gasteiger partial charge is 0.310 e. The second kappa shape index (κ2) is 8.28. The molecule has 2 atom stereocenters. The third-order valence-corrected chi connectivity index (χ3v) is 5.79. The summed E-state index contributed by atoms with van der Waals surface area (Å²) in [6, 6.07) is 5.20. The van der Waals surface area contributed by atoms with E-state index in [0.29, 0.717) is 12.1 Å². The molecule has 0 bridgehead atoms. The lowest BCUT2D eigenvalue weighted by atomic mass is 9.97. The van der Waals surface area contributed by atoms with Gasteiger partial charge in [-0.25, -0.2) is 0 Å². The summed E-state index contributed by atoms with van der Waals surface area (Å²) in [6.07, 6.45) is 6.83. The van der Waals surface area contributed by atoms with E-state index in [-0.39, 0.29) is 0 Å². The van der Waals surface area contributed by atoms with Crippen LogP contribution in [-0.2, 0) is 6.54 Å². The van der Waals surface area contributed by atoms with E-state index in [4.69, 9.17) is 0 Å². The number of nitrogens with zero attached hydrogens (tertiary/aromatic N) is 3. The van der Waals surface area contributed by atoms with Crippen molar-refractivity contribution in [1.82, 2.24) is 20.0 Å². The minimum atomic E-state index is 0.366. The van der Waals surface area contributed by atoms with Gasteiger partial charge in [-0.3, -0.25) is 9.58 Å². The van der Waals surface area contributed by atoms with Gasteiger partial charge >= 0.3 is 0 Å². The smallest absolute Gasteiger partial charge is 0.0537 e. The minimum Gasteiger partial charge on any atom is -0.310 e. The van der Waals surface area contributed by atoms with E-state index in [1.54, 1.807) is 0 Å². The van der Waals surface area contributed by atoms with Gasteiger partial charge in [0.2, 0.25) is 0 Å². The summed E-state index contributed by atoms with van der Waals surface area (Å²) in [6.45, 7) is 11.2. The van der Waals surface area contributed by atoms with Crippen LogP contribution in [0.25, 0.3) is 0 Å². The van der Waals surface area contributed by atoms with Gasteiger partial charge in [0.05, 0.1) is 6.20 Å². The van der Waals surface area contributed by atoms with Gasteiger partial charge in [0.1, 0.15) is 0 Å². The second-order valence-electron chi connectivity index (χ2n) is 7.30. The molecular weight excluding hydrogens is 316 g/mol. The lowest BCUT2D eigenvalue weighted by Crippen LogP contribution is -2.39. The Kier molecular flexibility index (Phi) is 6.09. The van der Waals surface area contributed by atoms with Crippen LogP contribution in [0.5, 0.6) is 0 Å². The van der Waals surface area contributed by atoms with Crippen molar-refractivity contribution in [3.8, 4) is 0 Å². The molecule has 0 saturated carbocycles. The molecule has 132 valence electrons. The Labute approximate surface area is 149 Å². The lowest BCUT2D eigenvalue weighted by molar-refractivity contribution is 0.164. The molecule has 0 radical (unpaired) electrons. The summed E-state index contributed by atoms with van der Waals surface area (Å²) in [5.74, 6) is 0.751. The van der Waals surface area contributed by atoms with Gasteiger partial charge in [-0.2, -0.15) is 5.10 Å². The van der Waals surface area contributed by atoms with Crippen molar-refractivity contribution >= 4 is 11.3 Å². The minimum absolute atomic E-state index is 0.366. The Bertz CT molecular complexity index is 605. The Morgan fingerprint density at radius 2 is 2.25 bits per heavy atom. The number of aromatic nitrogens is 2. The normalized spacial score (nSPS) is 20.6. The first-order valence-electron chi connectivity index (χ1n) is 9.14. The molecule has 4 nitrogen and oxygen atoms in total. The molecule has 1 N–H and O–H groups in total. The van der Waals surface area contributed by atoms with Crippen molar-refractivity contribution < 1.29 is 0 Å². The molecule has 24 heavy (non-hydrogen) atoms. The molecule has 3 heterocycles. The van der Waals surface area contributed by atoms with Crippen LogP contribution in [0.1, 0.15) is 56.1 Å². The number of piperidine rings is 1. The highest BCUT2D eigenvalue weighted by Gasteiger charge is 2.21. The Morgan fingerprint density at radius 3 is 2.96 bits per heavy atom. The first-order chi connectivity index (χ1) is 11.6. The highest BCUT2D eigenvalue weighted by Crippen LogP contribution is 2.21. The van der Waals surface area contributed by atoms with Crippen molar-refractivity contribution in [3.63, 3.8) is 0 Å². The third-order valence-electron chi connectivity index (χ3n) is 4.93. The number of hydrogen-bond donors (Lipinski definition) is 1. The molecule has 2 aromatic heterocycles. The maximum absolute atomic E-state index is 4.45. The highest BCUT2D eigenvalue weighted by atomic mass is 32.1. The maximum atomic E-state index is 4.45. The van der Waals surface area contributed by atoms with Crippen LogP contribution < -0.4 is 5.32 Å². The summed E-state index contributed by atoms with van der Waals surface area (Å²) in [5, 5.41) is 10.4. The Hall–Kier alpha value is -1.17. The van der Waals surface area contributed by atoms with Gasteiger partial charge in [0.25, 0.3) is 0 Å². The van der Waals surface area contributed by atoms with Gasteiger partial charge in [-0.15, -0.1) is 11.3 Å². The molecule has 2 aromatic rings. The fraction of sp³-hybridized carbons (Fsp3) is 0.632. The van der Waals surface area contributed by atoms with E-state index in [0.717, 1.165) is 19.0 Å². The van der Waals surface area contributed by atoms with E-state index in [2.05, 4.69) is 59.8 Å². The lowest BCUT2D eigenvalue weighted by Gasteiger charge is -2.33. The molecule has 1 saturated heterocycles. The van der Waals surface area contributed by atoms with Gasteiger partial charge in [0, 0.05) is 41.8 Å². The number of thiophene rings is 1. The Balaban J connectivity index is 1.46. The molecule has 0 aromatic carbocycles. The van der Waals surface area contributed by atoms with Crippen LogP contribution in [-0.4, -0.2) is 34.3 Å². The van der Waals surface area contributed by atoms with Crippen molar-refractivity contribution in [3.05, 3.63) is 40.3 Å². The monoisotopic (exact) mass is 346 g/mol.